The van der Waals surface area contributed by atoms with E-state index in [-0.39, 0.29) is 6.61 Å². The number of ether oxygens (including phenoxy) is 1. The number of carbonyl (C=O) groups excluding carboxylic acids is 1. The van der Waals surface area contributed by atoms with Gasteiger partial charge in [-0.1, -0.05) is 177 Å². The fourth-order valence-corrected chi connectivity index (χ4v) is 8.61. The van der Waals surface area contributed by atoms with Crippen LogP contribution in [0.25, 0.3) is 22.5 Å². The van der Waals surface area contributed by atoms with Gasteiger partial charge < -0.3 is 9.64 Å². The molecule has 0 amide bonds. The van der Waals surface area contributed by atoms with Gasteiger partial charge in [0.15, 0.2) is 11.6 Å². The second kappa shape index (κ2) is 18.5. The largest absolute Gasteiger partial charge is 0.462 e. The molecule has 0 radical (unpaired) electrons. The number of carbonyl (C=O) groups is 1. The molecule has 300 valence electrons. The van der Waals surface area contributed by atoms with Crippen LogP contribution in [0.1, 0.15) is 58.4 Å². The Kier molecular flexibility index (Phi) is 12.4. The Morgan fingerprint density at radius 2 is 1.23 bits per heavy atom. The zero-order valence-electron chi connectivity index (χ0n) is 33.7. The van der Waals surface area contributed by atoms with E-state index in [1.165, 1.54) is 5.56 Å². The predicted octanol–water partition coefficient (Wildman–Crippen LogP) is 10.6. The van der Waals surface area contributed by atoms with Crippen LogP contribution < -0.4 is 4.90 Å². The van der Waals surface area contributed by atoms with Crippen molar-refractivity contribution in [1.82, 2.24) is 30.0 Å². The molecule has 60 heavy (non-hydrogen) atoms. The molecule has 8 aromatic rings. The van der Waals surface area contributed by atoms with E-state index in [1.807, 2.05) is 64.8 Å². The fourth-order valence-electron chi connectivity index (χ4n) is 8.01. The molecule has 2 aromatic heterocycles. The van der Waals surface area contributed by atoms with Crippen LogP contribution in [0.2, 0.25) is 0 Å². The number of benzene rings is 6. The van der Waals surface area contributed by atoms with Crippen molar-refractivity contribution < 1.29 is 9.53 Å². The molecule has 0 aliphatic heterocycles. The Hall–Kier alpha value is -6.65. The van der Waals surface area contributed by atoms with Gasteiger partial charge in [-0.25, -0.2) is 9.48 Å². The third kappa shape index (κ3) is 8.03. The van der Waals surface area contributed by atoms with Crippen LogP contribution in [-0.4, -0.2) is 49.1 Å². The number of hydrogen-bond donors (Lipinski definition) is 0. The molecule has 0 bridgehead atoms. The van der Waals surface area contributed by atoms with E-state index >= 15 is 0 Å². The molecule has 8 rings (SSSR count). The van der Waals surface area contributed by atoms with Crippen molar-refractivity contribution in [2.75, 3.05) is 18.1 Å². The van der Waals surface area contributed by atoms with Gasteiger partial charge in [-0.3, -0.25) is 4.68 Å². The fraction of sp³-hybridized carbons (Fsp3) is 0.180. The number of tetrazole rings is 1. The summed E-state index contributed by atoms with van der Waals surface area (Å²) in [7, 11) is 0. The smallest absolute Gasteiger partial charge is 0.344 e. The van der Waals surface area contributed by atoms with Crippen molar-refractivity contribution in [3.8, 4) is 22.5 Å². The number of aromatic nitrogens is 6. The molecule has 9 nitrogen and oxygen atoms in total. The Labute approximate surface area is 359 Å². The third-order valence-electron chi connectivity index (χ3n) is 10.8. The first-order chi connectivity index (χ1) is 29.5. The minimum atomic E-state index is -0.881. The van der Waals surface area contributed by atoms with Crippen molar-refractivity contribution in [1.29, 1.82) is 0 Å². The van der Waals surface area contributed by atoms with E-state index in [0.717, 1.165) is 51.8 Å². The van der Waals surface area contributed by atoms with Crippen molar-refractivity contribution >= 4 is 27.7 Å². The first-order valence-corrected chi connectivity index (χ1v) is 21.2. The topological polar surface area (TPSA) is 91.0 Å². The Bertz CT molecular complexity index is 2530. The summed E-state index contributed by atoms with van der Waals surface area (Å²) >= 11 is 3.72. The Morgan fingerprint density at radius 1 is 0.683 bits per heavy atom. The number of esters is 1. The highest BCUT2D eigenvalue weighted by molar-refractivity contribution is 9.10. The summed E-state index contributed by atoms with van der Waals surface area (Å²) < 4.78 is 10.0. The highest BCUT2D eigenvalue weighted by Gasteiger charge is 2.42. The van der Waals surface area contributed by atoms with Gasteiger partial charge in [0.05, 0.1) is 6.61 Å². The van der Waals surface area contributed by atoms with E-state index in [4.69, 9.17) is 20.1 Å². The Morgan fingerprint density at radius 3 is 1.80 bits per heavy atom. The maximum atomic E-state index is 13.4. The minimum Gasteiger partial charge on any atom is -0.462 e. The van der Waals surface area contributed by atoms with Gasteiger partial charge in [0.1, 0.15) is 15.7 Å². The monoisotopic (exact) mass is 855 g/mol. The van der Waals surface area contributed by atoms with Crippen LogP contribution in [0.15, 0.2) is 174 Å². The lowest BCUT2D eigenvalue weighted by Gasteiger charge is -2.36. The lowest BCUT2D eigenvalue weighted by atomic mass is 9.77. The second-order valence-corrected chi connectivity index (χ2v) is 15.3. The van der Waals surface area contributed by atoms with Gasteiger partial charge in [-0.2, -0.15) is 5.10 Å². The lowest BCUT2D eigenvalue weighted by Crippen LogP contribution is -2.39. The molecular weight excluding hydrogens is 811 g/mol. The van der Waals surface area contributed by atoms with Crippen LogP contribution in [-0.2, 0) is 29.8 Å². The molecule has 0 spiro atoms. The number of aryl methyl sites for hydroxylation is 2. The van der Waals surface area contributed by atoms with Gasteiger partial charge in [0, 0.05) is 25.2 Å². The highest BCUT2D eigenvalue weighted by atomic mass is 79.9. The normalized spacial score (nSPS) is 11.4. The van der Waals surface area contributed by atoms with Crippen LogP contribution in [0.3, 0.4) is 0 Å². The number of hydrogen-bond acceptors (Lipinski definition) is 7. The molecule has 0 saturated heterocycles. The maximum Gasteiger partial charge on any atom is 0.344 e. The van der Waals surface area contributed by atoms with Crippen molar-refractivity contribution in [3.63, 3.8) is 0 Å². The second-order valence-electron chi connectivity index (χ2n) is 14.6. The molecular formula is C50H46BrN7O2. The number of anilines is 1. The summed E-state index contributed by atoms with van der Waals surface area (Å²) in [5.41, 5.74) is 7.88. The van der Waals surface area contributed by atoms with E-state index in [1.54, 1.807) is 0 Å². The zero-order valence-corrected chi connectivity index (χ0v) is 35.3. The summed E-state index contributed by atoms with van der Waals surface area (Å²) in [6, 6.07) is 58.4. The van der Waals surface area contributed by atoms with Gasteiger partial charge in [-0.05, 0) is 85.1 Å². The molecule has 0 unspecified atom stereocenters. The number of rotatable bonds is 16. The lowest BCUT2D eigenvalue weighted by molar-refractivity contribution is 0.0525. The van der Waals surface area contributed by atoms with Gasteiger partial charge in [0.2, 0.25) is 0 Å². The number of halogens is 1. The molecule has 10 heteroatoms. The van der Waals surface area contributed by atoms with E-state index in [2.05, 4.69) is 154 Å². The maximum absolute atomic E-state index is 13.4. The quantitative estimate of drug-likeness (QED) is 0.0706. The first kappa shape index (κ1) is 40.1. The standard InChI is InChI=1S/C50H46BrN7O2/c1-3-34-56(48-45(49(59)60-4-2)46(51)57(53-48)35-33-37-19-9-5-10-20-37)36-38-29-31-39(32-30-38)43-27-17-18-28-44(43)47-52-54-55-58(47)50(40-21-11-6-12-22-40,41-23-13-7-14-24-41)42-25-15-8-16-26-42/h5-32H,3-4,33-36H2,1-2H3. The summed E-state index contributed by atoms with van der Waals surface area (Å²) in [6.07, 6.45) is 1.64. The van der Waals surface area contributed by atoms with Crippen LogP contribution in [0.4, 0.5) is 5.82 Å². The summed E-state index contributed by atoms with van der Waals surface area (Å²) in [5, 5.41) is 18.9. The van der Waals surface area contributed by atoms with Crippen molar-refractivity contribution in [2.24, 2.45) is 0 Å². The van der Waals surface area contributed by atoms with Crippen LogP contribution in [0.5, 0.6) is 0 Å². The molecule has 0 aliphatic rings. The molecule has 0 atom stereocenters. The SMILES string of the molecule is CCCN(Cc1ccc(-c2ccccc2-c2nnnn2C(c2ccccc2)(c2ccccc2)c2ccccc2)cc1)c1nn(CCc2ccccc2)c(Br)c1C(=O)OCC. The summed E-state index contributed by atoms with van der Waals surface area (Å²) in [6.45, 7) is 6.09. The summed E-state index contributed by atoms with van der Waals surface area (Å²) in [5.74, 6) is 0.854. The average molecular weight is 857 g/mol. The van der Waals surface area contributed by atoms with Crippen LogP contribution >= 0.6 is 15.9 Å². The van der Waals surface area contributed by atoms with Gasteiger partial charge in [0.25, 0.3) is 0 Å². The molecule has 0 saturated carbocycles. The van der Waals surface area contributed by atoms with Crippen LogP contribution in [0, 0.1) is 0 Å². The molecule has 0 fully saturated rings. The Balaban J connectivity index is 1.15. The van der Waals surface area contributed by atoms with Crippen molar-refractivity contribution in [2.45, 2.75) is 45.3 Å². The minimum absolute atomic E-state index is 0.273. The predicted molar refractivity (Wildman–Crippen MR) is 241 cm³/mol. The molecule has 2 heterocycles. The number of nitrogens with zero attached hydrogens (tertiary/aromatic N) is 7. The van der Waals surface area contributed by atoms with Crippen molar-refractivity contribution in [3.05, 3.63) is 208 Å². The molecule has 0 aliphatic carbocycles. The first-order valence-electron chi connectivity index (χ1n) is 20.4. The van der Waals surface area contributed by atoms with E-state index in [0.29, 0.717) is 41.4 Å². The van der Waals surface area contributed by atoms with Gasteiger partial charge >= 0.3 is 5.97 Å². The van der Waals surface area contributed by atoms with E-state index < -0.39 is 11.5 Å². The third-order valence-corrected chi connectivity index (χ3v) is 11.6. The molecule has 0 N–H and O–H groups in total. The zero-order chi connectivity index (χ0) is 41.3. The molecule has 6 aromatic carbocycles. The van der Waals surface area contributed by atoms with Gasteiger partial charge in [-0.15, -0.1) is 5.10 Å². The highest BCUT2D eigenvalue weighted by Crippen LogP contribution is 2.43. The van der Waals surface area contributed by atoms with E-state index in [9.17, 15) is 4.79 Å². The summed E-state index contributed by atoms with van der Waals surface area (Å²) in [4.78, 5) is 15.6. The average Bonchev–Trinajstić information content (AvgIpc) is 3.92.